The fourth-order valence-corrected chi connectivity index (χ4v) is 5.11. The molecule has 168 valence electrons. The maximum absolute atomic E-state index is 9.20. The third-order valence-corrected chi connectivity index (χ3v) is 6.69. The monoisotopic (exact) mass is 468 g/mol. The minimum Gasteiger partial charge on any atom is -0.456 e. The van der Waals surface area contributed by atoms with Gasteiger partial charge in [-0.3, -0.25) is 0 Å². The average Bonchev–Trinajstić information content (AvgIpc) is 3.38. The first-order valence-electron chi connectivity index (χ1n) is 16.1. The molecule has 0 fully saturated rings. The van der Waals surface area contributed by atoms with E-state index >= 15 is 0 Å². The van der Waals surface area contributed by atoms with E-state index in [2.05, 4.69) is 0 Å². The summed E-state index contributed by atoms with van der Waals surface area (Å²) in [5.41, 5.74) is 1.75. The van der Waals surface area contributed by atoms with Gasteiger partial charge in [0, 0.05) is 27.4 Å². The largest absolute Gasteiger partial charge is 0.456 e. The van der Waals surface area contributed by atoms with E-state index in [0.717, 1.165) is 10.8 Å². The van der Waals surface area contributed by atoms with Gasteiger partial charge in [-0.1, -0.05) is 90.9 Å². The van der Waals surface area contributed by atoms with Crippen LogP contribution in [0.2, 0.25) is 0 Å². The van der Waals surface area contributed by atoms with Crippen LogP contribution in [0.5, 0.6) is 11.5 Å². The predicted octanol–water partition coefficient (Wildman–Crippen LogP) is 9.38. The maximum atomic E-state index is 9.20. The molecule has 2 heteroatoms. The quantitative estimate of drug-likeness (QED) is 0.246. The van der Waals surface area contributed by atoms with Crippen LogP contribution in [0.25, 0.3) is 60.5 Å². The summed E-state index contributed by atoms with van der Waals surface area (Å²) in [4.78, 5) is 0. The minimum absolute atomic E-state index is 0.0260. The number of fused-ring (bicyclic) bond motifs is 5. The number of nitrogens with zero attached hydrogens (tertiary/aromatic N) is 1. The Balaban J connectivity index is 1.52. The molecular weight excluding hydrogens is 438 g/mol. The Bertz CT molecular complexity index is 2380. The van der Waals surface area contributed by atoms with Gasteiger partial charge in [0.15, 0.2) is 0 Å². The highest BCUT2D eigenvalue weighted by Gasteiger charge is 2.21. The summed E-state index contributed by atoms with van der Waals surface area (Å²) in [5, 5.41) is 1.91. The van der Waals surface area contributed by atoms with Gasteiger partial charge in [-0.2, -0.15) is 0 Å². The van der Waals surface area contributed by atoms with Gasteiger partial charge in [-0.15, -0.1) is 0 Å². The van der Waals surface area contributed by atoms with Crippen molar-refractivity contribution < 1.29 is 17.1 Å². The summed E-state index contributed by atoms with van der Waals surface area (Å²) in [6.45, 7) is 0. The molecule has 36 heavy (non-hydrogen) atoms. The van der Waals surface area contributed by atoms with Gasteiger partial charge in [-0.25, -0.2) is 0 Å². The zero-order valence-corrected chi connectivity index (χ0v) is 18.8. The Morgan fingerprint density at radius 2 is 1.22 bits per heavy atom. The number of ether oxygens (including phenoxy) is 1. The zero-order chi connectivity index (χ0) is 31.5. The molecule has 0 unspecified atom stereocenters. The number of aromatic nitrogens is 1. The molecule has 0 aliphatic carbocycles. The Hall–Kier alpha value is -4.82. The van der Waals surface area contributed by atoms with Crippen LogP contribution in [0.15, 0.2) is 127 Å². The molecule has 1 aliphatic heterocycles. The lowest BCUT2D eigenvalue weighted by Crippen LogP contribution is -1.97. The van der Waals surface area contributed by atoms with Gasteiger partial charge < -0.3 is 9.30 Å². The van der Waals surface area contributed by atoms with Crippen molar-refractivity contribution in [2.75, 3.05) is 0 Å². The fraction of sp³-hybridized carbons (Fsp3) is 0. The van der Waals surface area contributed by atoms with E-state index in [1.54, 1.807) is 28.8 Å². The van der Waals surface area contributed by atoms with Crippen molar-refractivity contribution in [1.29, 1.82) is 0 Å². The molecule has 0 saturated carbocycles. The van der Waals surface area contributed by atoms with Crippen LogP contribution in [0, 0.1) is 0 Å². The highest BCUT2D eigenvalue weighted by atomic mass is 16.5. The Morgan fingerprint density at radius 1 is 0.528 bits per heavy atom. The van der Waals surface area contributed by atoms with E-state index in [4.69, 9.17) is 11.6 Å². The van der Waals surface area contributed by atoms with Crippen LogP contribution in [0.4, 0.5) is 0 Å². The lowest BCUT2D eigenvalue weighted by Gasteiger charge is -2.22. The molecule has 1 aromatic heterocycles. The van der Waals surface area contributed by atoms with Gasteiger partial charge in [-0.05, 0) is 58.4 Å². The molecule has 7 aromatic rings. The molecule has 0 spiro atoms. The molecule has 8 rings (SSSR count). The van der Waals surface area contributed by atoms with Crippen molar-refractivity contribution >= 4 is 32.6 Å². The Morgan fingerprint density at radius 3 is 2.00 bits per heavy atom. The lowest BCUT2D eigenvalue weighted by molar-refractivity contribution is 0.487. The van der Waals surface area contributed by atoms with Crippen LogP contribution in [0.1, 0.15) is 12.3 Å². The number of rotatable bonds is 2. The average molecular weight is 469 g/mol. The van der Waals surface area contributed by atoms with Crippen LogP contribution in [-0.4, -0.2) is 4.57 Å². The second kappa shape index (κ2) is 7.34. The third kappa shape index (κ3) is 2.67. The van der Waals surface area contributed by atoms with Gasteiger partial charge >= 0.3 is 0 Å². The zero-order valence-electron chi connectivity index (χ0n) is 27.8. The van der Waals surface area contributed by atoms with E-state index in [9.17, 15) is 5.48 Å². The van der Waals surface area contributed by atoms with Gasteiger partial charge in [0.05, 0.1) is 23.4 Å². The van der Waals surface area contributed by atoms with Crippen molar-refractivity contribution in [2.45, 2.75) is 0 Å². The van der Waals surface area contributed by atoms with Gasteiger partial charge in [0.2, 0.25) is 0 Å². The normalized spacial score (nSPS) is 15.6. The first-order valence-corrected chi connectivity index (χ1v) is 11.6. The Labute approximate surface area is 221 Å². The van der Waals surface area contributed by atoms with E-state index in [1.807, 2.05) is 48.5 Å². The smallest absolute Gasteiger partial charge is 0.135 e. The molecular formula is C34H21NO. The lowest BCUT2D eigenvalue weighted by atomic mass is 9.90. The molecule has 0 bridgehead atoms. The maximum Gasteiger partial charge on any atom is 0.135 e. The molecule has 0 atom stereocenters. The molecule has 0 saturated heterocycles. The third-order valence-electron chi connectivity index (χ3n) is 6.69. The predicted molar refractivity (Wildman–Crippen MR) is 149 cm³/mol. The van der Waals surface area contributed by atoms with Crippen molar-refractivity contribution in [3.8, 4) is 39.4 Å². The SMILES string of the molecule is [2H]c1c([2H])c(-n2c3ccccc3c3ccccc32)c([2H])c([2H])c1-c1c([2H])c([2H])c2c3c(c([2H])c([2H])c([2H])c13)-c1ccccc1O2. The van der Waals surface area contributed by atoms with E-state index in [1.165, 1.54) is 0 Å². The number of benzene rings is 6. The summed E-state index contributed by atoms with van der Waals surface area (Å²) >= 11 is 0. The van der Waals surface area contributed by atoms with E-state index in [-0.39, 0.29) is 63.1 Å². The fourth-order valence-electron chi connectivity index (χ4n) is 5.11. The Kier molecular flexibility index (Phi) is 2.60. The van der Waals surface area contributed by atoms with Crippen molar-refractivity contribution in [2.24, 2.45) is 0 Å². The van der Waals surface area contributed by atoms with Crippen molar-refractivity contribution in [3.05, 3.63) is 127 Å². The molecule has 0 radical (unpaired) electrons. The second-order valence-corrected chi connectivity index (χ2v) is 8.65. The van der Waals surface area contributed by atoms with E-state index in [0.29, 0.717) is 22.3 Å². The van der Waals surface area contributed by atoms with Crippen molar-refractivity contribution in [1.82, 2.24) is 4.57 Å². The highest BCUT2D eigenvalue weighted by Crippen LogP contribution is 2.48. The number of hydrogen-bond donors (Lipinski definition) is 0. The molecule has 2 heterocycles. The van der Waals surface area contributed by atoms with Crippen LogP contribution in [-0.2, 0) is 0 Å². The summed E-state index contributed by atoms with van der Waals surface area (Å²) in [6, 6.07) is 18.4. The van der Waals surface area contributed by atoms with Crippen LogP contribution >= 0.6 is 0 Å². The second-order valence-electron chi connectivity index (χ2n) is 8.65. The first kappa shape index (κ1) is 12.8. The molecule has 0 amide bonds. The highest BCUT2D eigenvalue weighted by molar-refractivity contribution is 6.11. The first-order chi connectivity index (χ1) is 21.6. The van der Waals surface area contributed by atoms with E-state index < -0.39 is 30.2 Å². The van der Waals surface area contributed by atoms with Gasteiger partial charge in [0.25, 0.3) is 0 Å². The minimum atomic E-state index is -0.459. The standard InChI is InChI=1S/C34H21NO/c1-4-13-30-25(8-1)26-9-2-5-14-31(26)35(30)23-18-16-22(17-19-23)24-20-21-33-34-28(24)11-7-12-29(34)27-10-3-6-15-32(27)36-33/h1-21H/i7D,11D,12D,16D,17D,18D,19D,20D,21D. The number of para-hydroxylation sites is 3. The molecule has 6 aromatic carbocycles. The summed E-state index contributed by atoms with van der Waals surface area (Å²) in [7, 11) is 0. The summed E-state index contributed by atoms with van der Waals surface area (Å²) < 4.78 is 88.8. The molecule has 0 N–H and O–H groups in total. The molecule has 2 nitrogen and oxygen atoms in total. The summed E-state index contributed by atoms with van der Waals surface area (Å²) in [6.07, 6.45) is 0. The molecule has 1 aliphatic rings. The number of hydrogen-bond acceptors (Lipinski definition) is 1. The van der Waals surface area contributed by atoms with Crippen molar-refractivity contribution in [3.63, 3.8) is 0 Å². The summed E-state index contributed by atoms with van der Waals surface area (Å²) in [5.74, 6) is 0.295. The topological polar surface area (TPSA) is 14.2 Å². The van der Waals surface area contributed by atoms with Gasteiger partial charge in [0.1, 0.15) is 11.5 Å². The van der Waals surface area contributed by atoms with Crippen LogP contribution in [0.3, 0.4) is 0 Å². The van der Waals surface area contributed by atoms with Crippen LogP contribution < -0.4 is 4.74 Å².